The van der Waals surface area contributed by atoms with E-state index < -0.39 is 0 Å². The fraction of sp³-hybridized carbons (Fsp3) is 0.130. The van der Waals surface area contributed by atoms with E-state index in [1.807, 2.05) is 11.3 Å². The lowest BCUT2D eigenvalue weighted by Crippen LogP contribution is -2.16. The first-order valence-electron chi connectivity index (χ1n) is 17.3. The van der Waals surface area contributed by atoms with Gasteiger partial charge in [-0.15, -0.1) is 11.3 Å². The van der Waals surface area contributed by atoms with Gasteiger partial charge in [-0.1, -0.05) is 113 Å². The van der Waals surface area contributed by atoms with Crippen molar-refractivity contribution in [1.29, 1.82) is 0 Å². The van der Waals surface area contributed by atoms with Crippen molar-refractivity contribution in [2.45, 2.75) is 38.5 Å². The molecule has 0 unspecified atom stereocenters. The lowest BCUT2D eigenvalue weighted by molar-refractivity contribution is 0.646. The molecule has 49 heavy (non-hydrogen) atoms. The number of nitrogens with zero attached hydrogens (tertiary/aromatic N) is 2. The molecule has 0 saturated heterocycles. The molecule has 2 aliphatic heterocycles. The molecule has 0 radical (unpaired) electrons. The molecule has 0 saturated carbocycles. The lowest BCUT2D eigenvalue weighted by Gasteiger charge is -2.22. The number of rotatable bonds is 2. The molecule has 0 bridgehead atoms. The van der Waals surface area contributed by atoms with Gasteiger partial charge < -0.3 is 9.13 Å². The molecular weight excluding hydrogens is 613 g/mol. The van der Waals surface area contributed by atoms with Crippen molar-refractivity contribution in [3.63, 3.8) is 0 Å². The number of hydrogen-bond acceptors (Lipinski definition) is 1. The van der Waals surface area contributed by atoms with E-state index >= 15 is 0 Å². The van der Waals surface area contributed by atoms with Gasteiger partial charge in [0.1, 0.15) is 0 Å². The van der Waals surface area contributed by atoms with Crippen LogP contribution in [-0.4, -0.2) is 9.13 Å². The molecule has 2 aliphatic rings. The van der Waals surface area contributed by atoms with Gasteiger partial charge in [0, 0.05) is 64.3 Å². The fourth-order valence-corrected chi connectivity index (χ4v) is 10.6. The highest BCUT2D eigenvalue weighted by atomic mass is 32.1. The maximum Gasteiger partial charge on any atom is 0.0538 e. The molecule has 3 heteroatoms. The van der Waals surface area contributed by atoms with E-state index in [9.17, 15) is 0 Å². The highest BCUT2D eigenvalue weighted by Crippen LogP contribution is 2.54. The molecule has 0 atom stereocenters. The van der Waals surface area contributed by atoms with E-state index in [-0.39, 0.29) is 10.8 Å². The van der Waals surface area contributed by atoms with Crippen LogP contribution in [0.25, 0.3) is 75.6 Å². The van der Waals surface area contributed by atoms with E-state index in [2.05, 4.69) is 170 Å². The van der Waals surface area contributed by atoms with Crippen LogP contribution >= 0.6 is 11.3 Å². The van der Waals surface area contributed by atoms with Crippen LogP contribution in [0.2, 0.25) is 0 Å². The second-order valence-corrected chi connectivity index (χ2v) is 16.0. The van der Waals surface area contributed by atoms with Crippen molar-refractivity contribution >= 4 is 53.3 Å². The minimum absolute atomic E-state index is 0.120. The number of thiophene rings is 1. The van der Waals surface area contributed by atoms with Crippen molar-refractivity contribution in [2.24, 2.45) is 0 Å². The van der Waals surface area contributed by atoms with Gasteiger partial charge in [0.05, 0.1) is 22.4 Å². The Morgan fingerprint density at radius 1 is 0.429 bits per heavy atom. The zero-order chi connectivity index (χ0) is 32.8. The van der Waals surface area contributed by atoms with E-state index in [1.54, 1.807) is 0 Å². The van der Waals surface area contributed by atoms with Crippen LogP contribution < -0.4 is 0 Å². The molecule has 0 aliphatic carbocycles. The minimum Gasteiger partial charge on any atom is -0.312 e. The monoisotopic (exact) mass is 646 g/mol. The Kier molecular flexibility index (Phi) is 5.17. The highest BCUT2D eigenvalue weighted by Gasteiger charge is 2.41. The Bertz CT molecular complexity index is 2690. The average Bonchev–Trinajstić information content (AvgIpc) is 3.88. The lowest BCUT2D eigenvalue weighted by atomic mass is 9.80. The van der Waals surface area contributed by atoms with Gasteiger partial charge in [-0.3, -0.25) is 0 Å². The van der Waals surface area contributed by atoms with Crippen LogP contribution in [0.15, 0.2) is 133 Å². The smallest absolute Gasteiger partial charge is 0.0538 e. The summed E-state index contributed by atoms with van der Waals surface area (Å²) < 4.78 is 7.70. The molecule has 11 rings (SSSR count). The number of fused-ring (bicyclic) bond motifs is 13. The van der Waals surface area contributed by atoms with Crippen molar-refractivity contribution in [2.75, 3.05) is 0 Å². The zero-order valence-electron chi connectivity index (χ0n) is 28.0. The summed E-state index contributed by atoms with van der Waals surface area (Å²) in [5, 5.41) is 5.30. The number of para-hydroxylation sites is 4. The van der Waals surface area contributed by atoms with Crippen LogP contribution in [0.1, 0.15) is 50.2 Å². The largest absolute Gasteiger partial charge is 0.312 e. The summed E-state index contributed by atoms with van der Waals surface area (Å²) in [6.07, 6.45) is 0. The van der Waals surface area contributed by atoms with Crippen LogP contribution in [0.3, 0.4) is 0 Å². The molecule has 0 N–H and O–H groups in total. The zero-order valence-corrected chi connectivity index (χ0v) is 28.8. The topological polar surface area (TPSA) is 9.86 Å². The minimum atomic E-state index is -0.120. The molecule has 9 aromatic rings. The number of aromatic nitrogens is 2. The van der Waals surface area contributed by atoms with E-state index in [0.29, 0.717) is 0 Å². The summed E-state index contributed by atoms with van der Waals surface area (Å²) in [5.74, 6) is 0. The molecule has 0 spiro atoms. The third-order valence-electron chi connectivity index (χ3n) is 11.6. The Labute approximate surface area is 289 Å². The van der Waals surface area contributed by atoms with Crippen molar-refractivity contribution in [1.82, 2.24) is 9.13 Å². The van der Waals surface area contributed by atoms with Gasteiger partial charge in [0.25, 0.3) is 0 Å². The summed E-state index contributed by atoms with van der Waals surface area (Å²) in [6.45, 7) is 9.55. The summed E-state index contributed by atoms with van der Waals surface area (Å²) >= 11 is 1.90. The molecule has 0 fully saturated rings. The second-order valence-electron chi connectivity index (χ2n) is 15.0. The summed E-state index contributed by atoms with van der Waals surface area (Å²) in [4.78, 5) is 0. The third-order valence-corrected chi connectivity index (χ3v) is 12.8. The molecule has 2 nitrogen and oxygen atoms in total. The summed E-state index contributed by atoms with van der Waals surface area (Å²) in [7, 11) is 0. The molecule has 234 valence electrons. The Morgan fingerprint density at radius 3 is 1.31 bits per heavy atom. The molecular formula is C46H34N2S. The Balaban J connectivity index is 1.17. The van der Waals surface area contributed by atoms with Gasteiger partial charge in [-0.05, 0) is 70.8 Å². The normalized spacial score (nSPS) is 15.3. The van der Waals surface area contributed by atoms with Crippen molar-refractivity contribution < 1.29 is 0 Å². The summed E-state index contributed by atoms with van der Waals surface area (Å²) in [6, 6.07) is 50.1. The number of hydrogen-bond donors (Lipinski definition) is 0. The molecule has 5 heterocycles. The maximum absolute atomic E-state index is 2.52. The van der Waals surface area contributed by atoms with Crippen LogP contribution in [0.5, 0.6) is 0 Å². The van der Waals surface area contributed by atoms with Gasteiger partial charge in [-0.25, -0.2) is 0 Å². The SMILES string of the molecule is CC1(C)c2ccccc2-n2c1c(-c1ccc3sc4ccc(-c5c6n(c7ccccc57)-c5ccccc5C6(C)C)cc4c3c1)c1ccccc12. The summed E-state index contributed by atoms with van der Waals surface area (Å²) in [5.41, 5.74) is 15.7. The van der Waals surface area contributed by atoms with Gasteiger partial charge >= 0.3 is 0 Å². The van der Waals surface area contributed by atoms with Crippen molar-refractivity contribution in [3.8, 4) is 33.6 Å². The van der Waals surface area contributed by atoms with Crippen LogP contribution in [-0.2, 0) is 10.8 Å². The fourth-order valence-electron chi connectivity index (χ4n) is 9.49. The highest BCUT2D eigenvalue weighted by molar-refractivity contribution is 7.25. The average molecular weight is 647 g/mol. The van der Waals surface area contributed by atoms with Gasteiger partial charge in [0.2, 0.25) is 0 Å². The third kappa shape index (κ3) is 3.36. The van der Waals surface area contributed by atoms with Crippen LogP contribution in [0.4, 0.5) is 0 Å². The first kappa shape index (κ1) is 27.6. The van der Waals surface area contributed by atoms with Gasteiger partial charge in [-0.2, -0.15) is 0 Å². The molecule has 6 aromatic carbocycles. The second kappa shape index (κ2) is 9.19. The van der Waals surface area contributed by atoms with E-state index in [1.165, 1.54) is 98.1 Å². The first-order chi connectivity index (χ1) is 23.8. The molecule has 0 amide bonds. The quantitative estimate of drug-likeness (QED) is 0.177. The number of benzene rings is 6. The Morgan fingerprint density at radius 2 is 0.837 bits per heavy atom. The standard InChI is InChI=1S/C46H34N2S/c1-45(2)33-15-7-11-19-37(33)47-35-17-9-5-13-29(35)41(43(45)47)27-21-23-39-31(25-27)32-26-28(22-24-40(32)49-39)42-30-14-6-10-18-36(30)48-38-20-12-8-16-34(38)46(3,4)44(42)48/h5-26H,1-4H3. The van der Waals surface area contributed by atoms with Gasteiger partial charge in [0.15, 0.2) is 0 Å². The molecule has 3 aromatic heterocycles. The predicted molar refractivity (Wildman–Crippen MR) is 208 cm³/mol. The predicted octanol–water partition coefficient (Wildman–Crippen LogP) is 12.6. The van der Waals surface area contributed by atoms with E-state index in [0.717, 1.165) is 0 Å². The maximum atomic E-state index is 2.52. The Hall–Kier alpha value is -5.38. The van der Waals surface area contributed by atoms with E-state index in [4.69, 9.17) is 0 Å². The first-order valence-corrected chi connectivity index (χ1v) is 18.1. The van der Waals surface area contributed by atoms with Crippen LogP contribution in [0, 0.1) is 0 Å². The van der Waals surface area contributed by atoms with Crippen molar-refractivity contribution in [3.05, 3.63) is 156 Å².